The van der Waals surface area contributed by atoms with Crippen molar-refractivity contribution in [2.24, 2.45) is 5.73 Å². The van der Waals surface area contributed by atoms with Crippen LogP contribution in [0.5, 0.6) is 0 Å². The number of amides is 2. The fourth-order valence-corrected chi connectivity index (χ4v) is 1.47. The van der Waals surface area contributed by atoms with Gasteiger partial charge in [-0.25, -0.2) is 4.79 Å². The number of nitrogens with two attached hydrogens (primary N) is 1. The second-order valence-electron chi connectivity index (χ2n) is 5.49. The van der Waals surface area contributed by atoms with E-state index in [0.717, 1.165) is 5.56 Å². The first-order valence-electron chi connectivity index (χ1n) is 6.66. The Labute approximate surface area is 124 Å². The van der Waals surface area contributed by atoms with Gasteiger partial charge >= 0.3 is 6.09 Å². The summed E-state index contributed by atoms with van der Waals surface area (Å²) < 4.78 is 5.11. The van der Waals surface area contributed by atoms with Crippen LogP contribution in [0.25, 0.3) is 6.08 Å². The smallest absolute Gasteiger partial charge is 0.407 e. The minimum atomic E-state index is -0.510. The zero-order chi connectivity index (χ0) is 15.9. The molecule has 0 saturated carbocycles. The minimum Gasteiger partial charge on any atom is -0.444 e. The third-order valence-corrected chi connectivity index (χ3v) is 2.33. The molecule has 0 radical (unpaired) electrons. The molecule has 0 aromatic carbocycles. The van der Waals surface area contributed by atoms with Crippen molar-refractivity contribution < 1.29 is 14.3 Å². The van der Waals surface area contributed by atoms with Gasteiger partial charge < -0.3 is 15.8 Å². The van der Waals surface area contributed by atoms with Crippen molar-refractivity contribution in [3.05, 3.63) is 35.7 Å². The molecule has 0 spiro atoms. The summed E-state index contributed by atoms with van der Waals surface area (Å²) in [5.74, 6) is -0.510. The van der Waals surface area contributed by atoms with Gasteiger partial charge in [0.25, 0.3) is 0 Å². The molecule has 0 aliphatic rings. The first-order valence-corrected chi connectivity index (χ1v) is 6.66. The van der Waals surface area contributed by atoms with Gasteiger partial charge in [0.1, 0.15) is 5.60 Å². The van der Waals surface area contributed by atoms with Gasteiger partial charge in [-0.15, -0.1) is 0 Å². The van der Waals surface area contributed by atoms with Crippen LogP contribution in [0.3, 0.4) is 0 Å². The number of hydrogen-bond acceptors (Lipinski definition) is 4. The summed E-state index contributed by atoms with van der Waals surface area (Å²) >= 11 is 0. The van der Waals surface area contributed by atoms with Crippen LogP contribution in [-0.2, 0) is 4.74 Å². The van der Waals surface area contributed by atoms with Crippen molar-refractivity contribution in [3.63, 3.8) is 0 Å². The highest BCUT2D eigenvalue weighted by Crippen LogP contribution is 2.07. The van der Waals surface area contributed by atoms with Crippen LogP contribution < -0.4 is 11.1 Å². The second-order valence-corrected chi connectivity index (χ2v) is 5.49. The molecule has 0 aliphatic carbocycles. The van der Waals surface area contributed by atoms with Gasteiger partial charge in [0.05, 0.1) is 5.56 Å². The fourth-order valence-electron chi connectivity index (χ4n) is 1.47. The topological polar surface area (TPSA) is 94.3 Å². The lowest BCUT2D eigenvalue weighted by Gasteiger charge is -2.19. The molecule has 21 heavy (non-hydrogen) atoms. The van der Waals surface area contributed by atoms with Gasteiger partial charge in [-0.05, 0) is 38.8 Å². The molecular formula is C15H21N3O3. The van der Waals surface area contributed by atoms with E-state index < -0.39 is 17.6 Å². The number of aromatic nitrogens is 1. The van der Waals surface area contributed by atoms with Crippen molar-refractivity contribution in [2.75, 3.05) is 6.54 Å². The number of ether oxygens (including phenoxy) is 1. The fraction of sp³-hybridized carbons (Fsp3) is 0.400. The Hall–Kier alpha value is -2.37. The number of primary amides is 1. The Morgan fingerprint density at radius 1 is 1.38 bits per heavy atom. The monoisotopic (exact) mass is 291 g/mol. The van der Waals surface area contributed by atoms with E-state index in [1.807, 2.05) is 32.9 Å². The number of alkyl carbamates (subject to hydrolysis) is 1. The molecular weight excluding hydrogens is 270 g/mol. The lowest BCUT2D eigenvalue weighted by molar-refractivity contribution is 0.0528. The number of carbonyl (C=O) groups excluding carboxylic acids is 2. The number of pyridine rings is 1. The summed E-state index contributed by atoms with van der Waals surface area (Å²) in [7, 11) is 0. The highest BCUT2D eigenvalue weighted by Gasteiger charge is 2.15. The van der Waals surface area contributed by atoms with Crippen LogP contribution in [0.2, 0.25) is 0 Å². The van der Waals surface area contributed by atoms with Crippen LogP contribution in [0.4, 0.5) is 4.79 Å². The molecule has 2 amide bonds. The highest BCUT2D eigenvalue weighted by molar-refractivity contribution is 5.92. The van der Waals surface area contributed by atoms with Crippen LogP contribution in [0.15, 0.2) is 24.5 Å². The molecule has 0 unspecified atom stereocenters. The Morgan fingerprint density at radius 3 is 2.71 bits per heavy atom. The molecule has 0 bridgehead atoms. The predicted octanol–water partition coefficient (Wildman–Crippen LogP) is 2.11. The highest BCUT2D eigenvalue weighted by atomic mass is 16.6. The van der Waals surface area contributed by atoms with Crippen LogP contribution >= 0.6 is 0 Å². The quantitative estimate of drug-likeness (QED) is 0.812. The molecule has 1 heterocycles. The van der Waals surface area contributed by atoms with E-state index in [2.05, 4.69) is 10.3 Å². The third kappa shape index (κ3) is 7.10. The van der Waals surface area contributed by atoms with E-state index in [-0.39, 0.29) is 0 Å². The first kappa shape index (κ1) is 16.7. The lowest BCUT2D eigenvalue weighted by atomic mass is 10.2. The Morgan fingerprint density at radius 2 is 2.10 bits per heavy atom. The number of hydrogen-bond donors (Lipinski definition) is 2. The maximum Gasteiger partial charge on any atom is 0.407 e. The molecule has 1 rings (SSSR count). The van der Waals surface area contributed by atoms with E-state index in [1.54, 1.807) is 12.3 Å². The second kappa shape index (κ2) is 7.42. The normalized spacial score (nSPS) is 11.4. The van der Waals surface area contributed by atoms with Crippen molar-refractivity contribution in [1.82, 2.24) is 10.3 Å². The zero-order valence-electron chi connectivity index (χ0n) is 12.6. The Balaban J connectivity index is 2.37. The minimum absolute atomic E-state index is 0.365. The molecule has 114 valence electrons. The number of nitrogens with zero attached hydrogens (tertiary/aromatic N) is 1. The third-order valence-electron chi connectivity index (χ3n) is 2.33. The van der Waals surface area contributed by atoms with Gasteiger partial charge in [-0.3, -0.25) is 9.78 Å². The van der Waals surface area contributed by atoms with E-state index in [0.29, 0.717) is 18.5 Å². The van der Waals surface area contributed by atoms with E-state index in [4.69, 9.17) is 10.5 Å². The van der Waals surface area contributed by atoms with Crippen molar-refractivity contribution in [1.29, 1.82) is 0 Å². The van der Waals surface area contributed by atoms with Crippen molar-refractivity contribution >= 4 is 18.1 Å². The SMILES string of the molecule is CC(C)(C)OC(=O)NCCC=Cc1cncc(C(N)=O)c1. The number of carbonyl (C=O) groups is 2. The average molecular weight is 291 g/mol. The largest absolute Gasteiger partial charge is 0.444 e. The molecule has 0 fully saturated rings. The van der Waals surface area contributed by atoms with Gasteiger partial charge in [0, 0.05) is 18.9 Å². The summed E-state index contributed by atoms with van der Waals surface area (Å²) in [4.78, 5) is 26.3. The lowest BCUT2D eigenvalue weighted by Crippen LogP contribution is -2.32. The van der Waals surface area contributed by atoms with E-state index in [1.165, 1.54) is 6.20 Å². The molecule has 3 N–H and O–H groups in total. The molecule has 1 aromatic rings. The Kier molecular flexibility index (Phi) is 5.90. The summed E-state index contributed by atoms with van der Waals surface area (Å²) in [5.41, 5.74) is 5.82. The van der Waals surface area contributed by atoms with Crippen LogP contribution in [-0.4, -0.2) is 29.1 Å². The first-order chi connectivity index (χ1) is 9.78. The average Bonchev–Trinajstić information content (AvgIpc) is 2.36. The van der Waals surface area contributed by atoms with Crippen LogP contribution in [0.1, 0.15) is 43.1 Å². The van der Waals surface area contributed by atoms with Crippen molar-refractivity contribution in [3.8, 4) is 0 Å². The zero-order valence-corrected chi connectivity index (χ0v) is 12.6. The maximum absolute atomic E-state index is 11.4. The summed E-state index contributed by atoms with van der Waals surface area (Å²) in [5, 5.41) is 2.65. The van der Waals surface area contributed by atoms with Gasteiger partial charge in [0.15, 0.2) is 0 Å². The molecule has 6 heteroatoms. The van der Waals surface area contributed by atoms with E-state index in [9.17, 15) is 9.59 Å². The molecule has 0 atom stereocenters. The summed E-state index contributed by atoms with van der Waals surface area (Å²) in [6.07, 6.45) is 6.94. The van der Waals surface area contributed by atoms with Crippen LogP contribution in [0, 0.1) is 0 Å². The Bertz CT molecular complexity index is 533. The van der Waals surface area contributed by atoms with Gasteiger partial charge in [0.2, 0.25) is 5.91 Å². The molecule has 1 aromatic heterocycles. The molecule has 6 nitrogen and oxygen atoms in total. The molecule has 0 saturated heterocycles. The number of nitrogens with one attached hydrogen (secondary N) is 1. The maximum atomic E-state index is 11.4. The standard InChI is InChI=1S/C15H21N3O3/c1-15(2,3)21-14(20)18-7-5-4-6-11-8-12(13(16)19)10-17-9-11/h4,6,8-10H,5,7H2,1-3H3,(H2,16,19)(H,18,20). The molecule has 0 aliphatic heterocycles. The van der Waals surface area contributed by atoms with Gasteiger partial charge in [-0.2, -0.15) is 0 Å². The summed E-state index contributed by atoms with van der Waals surface area (Å²) in [6, 6.07) is 1.66. The van der Waals surface area contributed by atoms with Crippen molar-refractivity contribution in [2.45, 2.75) is 32.8 Å². The van der Waals surface area contributed by atoms with E-state index >= 15 is 0 Å². The predicted molar refractivity (Wildman–Crippen MR) is 80.6 cm³/mol. The summed E-state index contributed by atoms with van der Waals surface area (Å²) in [6.45, 7) is 5.90. The van der Waals surface area contributed by atoms with Gasteiger partial charge in [-0.1, -0.05) is 12.2 Å². The number of rotatable bonds is 5.